The van der Waals surface area contributed by atoms with E-state index in [-0.39, 0.29) is 0 Å². The van der Waals surface area contributed by atoms with Crippen molar-refractivity contribution in [1.29, 1.82) is 0 Å². The summed E-state index contributed by atoms with van der Waals surface area (Å²) in [5.74, 6) is 2.77. The van der Waals surface area contributed by atoms with Gasteiger partial charge in [-0.25, -0.2) is 0 Å². The zero-order chi connectivity index (χ0) is 10.5. The minimum absolute atomic E-state index is 0.724. The molecule has 0 aromatic heterocycles. The summed E-state index contributed by atoms with van der Waals surface area (Å²) in [5.41, 5.74) is 0. The highest BCUT2D eigenvalue weighted by atomic mass is 16.1. The predicted molar refractivity (Wildman–Crippen MR) is 62.7 cm³/mol. The van der Waals surface area contributed by atoms with Crippen LogP contribution in [-0.2, 0) is 4.79 Å². The Morgan fingerprint density at radius 1 is 0.800 bits per heavy atom. The lowest BCUT2D eigenvalue weighted by Crippen LogP contribution is -2.23. The second-order valence-corrected chi connectivity index (χ2v) is 5.58. The van der Waals surface area contributed by atoms with E-state index < -0.39 is 0 Å². The lowest BCUT2D eigenvalue weighted by Gasteiger charge is -2.35. The third-order valence-corrected chi connectivity index (χ3v) is 4.64. The topological polar surface area (TPSA) is 17.1 Å². The highest BCUT2D eigenvalue weighted by Gasteiger charge is 2.28. The van der Waals surface area contributed by atoms with Crippen molar-refractivity contribution in [2.75, 3.05) is 0 Å². The smallest absolute Gasteiger partial charge is 0.120 e. The summed E-state index contributed by atoms with van der Waals surface area (Å²) < 4.78 is 0. The Kier molecular flexibility index (Phi) is 4.22. The Morgan fingerprint density at radius 3 is 2.00 bits per heavy atom. The molecule has 0 heterocycles. The fourth-order valence-electron chi connectivity index (χ4n) is 3.64. The van der Waals surface area contributed by atoms with Crippen LogP contribution in [0.2, 0.25) is 0 Å². The number of carbonyl (C=O) groups is 1. The molecule has 2 fully saturated rings. The summed E-state index contributed by atoms with van der Waals surface area (Å²) >= 11 is 0. The van der Waals surface area contributed by atoms with Crippen molar-refractivity contribution in [1.82, 2.24) is 0 Å². The van der Waals surface area contributed by atoms with E-state index in [2.05, 4.69) is 0 Å². The minimum atomic E-state index is 0.724. The van der Waals surface area contributed by atoms with E-state index in [1.54, 1.807) is 0 Å². The van der Waals surface area contributed by atoms with E-state index in [4.69, 9.17) is 0 Å². The first-order valence-electron chi connectivity index (χ1n) is 6.84. The molecule has 0 aromatic carbocycles. The summed E-state index contributed by atoms with van der Waals surface area (Å²) in [7, 11) is 0. The molecule has 86 valence electrons. The first kappa shape index (κ1) is 11.2. The summed E-state index contributed by atoms with van der Waals surface area (Å²) in [6.07, 6.45) is 14.8. The highest BCUT2D eigenvalue weighted by Crippen LogP contribution is 2.40. The van der Waals surface area contributed by atoms with Gasteiger partial charge in [-0.05, 0) is 43.4 Å². The average molecular weight is 208 g/mol. The maximum Gasteiger partial charge on any atom is 0.120 e. The van der Waals surface area contributed by atoms with Crippen LogP contribution in [0.15, 0.2) is 0 Å². The molecule has 0 saturated heterocycles. The van der Waals surface area contributed by atoms with Crippen molar-refractivity contribution < 1.29 is 4.79 Å². The molecule has 0 aliphatic heterocycles. The predicted octanol–water partition coefficient (Wildman–Crippen LogP) is 3.96. The van der Waals surface area contributed by atoms with Crippen molar-refractivity contribution >= 4 is 6.29 Å². The molecular weight excluding hydrogens is 184 g/mol. The van der Waals surface area contributed by atoms with Crippen molar-refractivity contribution in [3.05, 3.63) is 0 Å². The van der Waals surface area contributed by atoms with Crippen LogP contribution in [0.4, 0.5) is 0 Å². The Balaban J connectivity index is 1.74. The molecule has 1 heteroatoms. The van der Waals surface area contributed by atoms with Crippen LogP contribution in [0.1, 0.15) is 64.2 Å². The van der Waals surface area contributed by atoms with Crippen molar-refractivity contribution in [2.45, 2.75) is 64.2 Å². The molecule has 0 spiro atoms. The molecular formula is C14H24O. The van der Waals surface area contributed by atoms with Gasteiger partial charge in [0.25, 0.3) is 0 Å². The maximum absolute atomic E-state index is 10.5. The molecule has 0 atom stereocenters. The Hall–Kier alpha value is -0.330. The van der Waals surface area contributed by atoms with E-state index in [1.165, 1.54) is 57.8 Å². The average Bonchev–Trinajstić information content (AvgIpc) is 2.32. The van der Waals surface area contributed by atoms with Crippen molar-refractivity contribution in [3.8, 4) is 0 Å². The first-order chi connectivity index (χ1) is 7.40. The lowest BCUT2D eigenvalue weighted by atomic mass is 9.70. The second kappa shape index (κ2) is 5.67. The summed E-state index contributed by atoms with van der Waals surface area (Å²) in [4.78, 5) is 10.5. The first-order valence-corrected chi connectivity index (χ1v) is 6.84. The van der Waals surface area contributed by atoms with Crippen LogP contribution < -0.4 is 0 Å². The van der Waals surface area contributed by atoms with Gasteiger partial charge in [-0.1, -0.05) is 32.1 Å². The molecule has 2 rings (SSSR count). The monoisotopic (exact) mass is 208 g/mol. The summed E-state index contributed by atoms with van der Waals surface area (Å²) in [6.45, 7) is 0. The quantitative estimate of drug-likeness (QED) is 0.641. The third-order valence-electron chi connectivity index (χ3n) is 4.64. The molecule has 0 unspecified atom stereocenters. The second-order valence-electron chi connectivity index (χ2n) is 5.58. The van der Waals surface area contributed by atoms with Gasteiger partial charge in [-0.3, -0.25) is 0 Å². The molecule has 2 aliphatic carbocycles. The van der Waals surface area contributed by atoms with Crippen LogP contribution in [0.3, 0.4) is 0 Å². The van der Waals surface area contributed by atoms with Gasteiger partial charge < -0.3 is 4.79 Å². The van der Waals surface area contributed by atoms with E-state index in [9.17, 15) is 4.79 Å². The number of rotatable bonds is 3. The van der Waals surface area contributed by atoms with Gasteiger partial charge >= 0.3 is 0 Å². The fourth-order valence-corrected chi connectivity index (χ4v) is 3.64. The SMILES string of the molecule is O=CCC1CCC(C2CCCCC2)CC1. The number of aldehydes is 1. The van der Waals surface area contributed by atoms with Crippen molar-refractivity contribution in [2.24, 2.45) is 17.8 Å². The fraction of sp³-hybridized carbons (Fsp3) is 0.929. The van der Waals surface area contributed by atoms with Gasteiger partial charge in [0, 0.05) is 6.42 Å². The van der Waals surface area contributed by atoms with Crippen LogP contribution in [0.25, 0.3) is 0 Å². The van der Waals surface area contributed by atoms with Gasteiger partial charge in [0.15, 0.2) is 0 Å². The third kappa shape index (κ3) is 3.06. The zero-order valence-electron chi connectivity index (χ0n) is 9.79. The van der Waals surface area contributed by atoms with Crippen LogP contribution in [0.5, 0.6) is 0 Å². The van der Waals surface area contributed by atoms with E-state index in [1.807, 2.05) is 0 Å². The summed E-state index contributed by atoms with van der Waals surface area (Å²) in [5, 5.41) is 0. The Morgan fingerprint density at radius 2 is 1.40 bits per heavy atom. The molecule has 15 heavy (non-hydrogen) atoms. The molecule has 0 amide bonds. The molecule has 0 radical (unpaired) electrons. The lowest BCUT2D eigenvalue weighted by molar-refractivity contribution is -0.108. The molecule has 2 saturated carbocycles. The standard InChI is InChI=1S/C14H24O/c15-11-10-12-6-8-14(9-7-12)13-4-2-1-3-5-13/h11-14H,1-10H2. The minimum Gasteiger partial charge on any atom is -0.303 e. The molecule has 0 aromatic rings. The van der Waals surface area contributed by atoms with E-state index in [0.717, 1.165) is 30.5 Å². The Labute approximate surface area is 93.6 Å². The van der Waals surface area contributed by atoms with Gasteiger partial charge in [0.05, 0.1) is 0 Å². The van der Waals surface area contributed by atoms with Crippen LogP contribution in [-0.4, -0.2) is 6.29 Å². The molecule has 1 nitrogen and oxygen atoms in total. The van der Waals surface area contributed by atoms with Gasteiger partial charge in [0.2, 0.25) is 0 Å². The van der Waals surface area contributed by atoms with Crippen LogP contribution >= 0.6 is 0 Å². The largest absolute Gasteiger partial charge is 0.303 e. The van der Waals surface area contributed by atoms with Crippen molar-refractivity contribution in [3.63, 3.8) is 0 Å². The van der Waals surface area contributed by atoms with Crippen LogP contribution in [0, 0.1) is 17.8 Å². The maximum atomic E-state index is 10.5. The van der Waals surface area contributed by atoms with E-state index in [0.29, 0.717) is 0 Å². The van der Waals surface area contributed by atoms with E-state index >= 15 is 0 Å². The molecule has 2 aliphatic rings. The number of hydrogen-bond acceptors (Lipinski definition) is 1. The normalized spacial score (nSPS) is 33.9. The van der Waals surface area contributed by atoms with Gasteiger partial charge in [-0.15, -0.1) is 0 Å². The molecule has 0 N–H and O–H groups in total. The number of carbonyl (C=O) groups excluding carboxylic acids is 1. The summed E-state index contributed by atoms with van der Waals surface area (Å²) in [6, 6.07) is 0. The zero-order valence-corrected chi connectivity index (χ0v) is 9.79. The Bertz CT molecular complexity index is 186. The molecule has 0 bridgehead atoms. The number of hydrogen-bond donors (Lipinski definition) is 0. The van der Waals surface area contributed by atoms with Gasteiger partial charge in [0.1, 0.15) is 6.29 Å². The van der Waals surface area contributed by atoms with Gasteiger partial charge in [-0.2, -0.15) is 0 Å². The highest BCUT2D eigenvalue weighted by molar-refractivity contribution is 5.49.